The van der Waals surface area contributed by atoms with Gasteiger partial charge in [0.1, 0.15) is 0 Å². The Morgan fingerprint density at radius 2 is 2.21 bits per heavy atom. The van der Waals surface area contributed by atoms with E-state index in [0.717, 1.165) is 36.8 Å². The van der Waals surface area contributed by atoms with Crippen LogP contribution < -0.4 is 0 Å². The van der Waals surface area contributed by atoms with Gasteiger partial charge in [-0.05, 0) is 31.2 Å². The Morgan fingerprint density at radius 1 is 1.42 bits per heavy atom. The highest BCUT2D eigenvalue weighted by Gasteiger charge is 2.29. The van der Waals surface area contributed by atoms with Crippen LogP contribution in [0.1, 0.15) is 25.5 Å². The van der Waals surface area contributed by atoms with Crippen LogP contribution in [0.5, 0.6) is 0 Å². The van der Waals surface area contributed by atoms with E-state index in [0.29, 0.717) is 6.04 Å². The summed E-state index contributed by atoms with van der Waals surface area (Å²) in [6, 6.07) is 8.33. The van der Waals surface area contributed by atoms with E-state index in [4.69, 9.17) is 11.6 Å². The predicted molar refractivity (Wildman–Crippen MR) is 79.6 cm³/mol. The van der Waals surface area contributed by atoms with E-state index in [1.165, 1.54) is 0 Å². The molecule has 1 heterocycles. The SMILES string of the molecule is CCN1CCN(C(CO)c2cccc(Cl)c2)C(C)C1. The summed E-state index contributed by atoms with van der Waals surface area (Å²) in [6.07, 6.45) is 0. The van der Waals surface area contributed by atoms with E-state index in [9.17, 15) is 5.11 Å². The van der Waals surface area contributed by atoms with Crippen molar-refractivity contribution >= 4 is 11.6 Å². The molecule has 2 rings (SSSR count). The number of aliphatic hydroxyl groups excluding tert-OH is 1. The number of hydrogen-bond acceptors (Lipinski definition) is 3. The van der Waals surface area contributed by atoms with E-state index >= 15 is 0 Å². The molecule has 0 saturated carbocycles. The summed E-state index contributed by atoms with van der Waals surface area (Å²) in [7, 11) is 0. The number of benzene rings is 1. The maximum absolute atomic E-state index is 9.77. The van der Waals surface area contributed by atoms with Crippen molar-refractivity contribution in [3.05, 3.63) is 34.9 Å². The van der Waals surface area contributed by atoms with Gasteiger partial charge in [-0.2, -0.15) is 0 Å². The largest absolute Gasteiger partial charge is 0.394 e. The van der Waals surface area contributed by atoms with Crippen molar-refractivity contribution in [1.82, 2.24) is 9.80 Å². The molecule has 2 atom stereocenters. The van der Waals surface area contributed by atoms with Crippen molar-refractivity contribution < 1.29 is 5.11 Å². The number of likely N-dealkylation sites (N-methyl/N-ethyl adjacent to an activating group) is 1. The second kappa shape index (κ2) is 6.71. The van der Waals surface area contributed by atoms with Gasteiger partial charge in [-0.25, -0.2) is 0 Å². The molecule has 0 aromatic heterocycles. The third kappa shape index (κ3) is 3.48. The van der Waals surface area contributed by atoms with Gasteiger partial charge >= 0.3 is 0 Å². The van der Waals surface area contributed by atoms with Crippen LogP contribution in [0.2, 0.25) is 5.02 Å². The average Bonchev–Trinajstić information content (AvgIpc) is 2.41. The summed E-state index contributed by atoms with van der Waals surface area (Å²) in [5, 5.41) is 10.5. The standard InChI is InChI=1S/C15H23ClN2O/c1-3-17-7-8-18(12(2)10-17)15(11-19)13-5-4-6-14(16)9-13/h4-6,9,12,15,19H,3,7-8,10-11H2,1-2H3. The molecule has 1 fully saturated rings. The predicted octanol–water partition coefficient (Wildman–Crippen LogP) is 2.40. The Labute approximate surface area is 120 Å². The van der Waals surface area contributed by atoms with Crippen LogP contribution in [0, 0.1) is 0 Å². The molecular formula is C15H23ClN2O. The van der Waals surface area contributed by atoms with Gasteiger partial charge in [-0.3, -0.25) is 4.90 Å². The first kappa shape index (κ1) is 14.8. The van der Waals surface area contributed by atoms with Gasteiger partial charge in [0, 0.05) is 30.7 Å². The minimum Gasteiger partial charge on any atom is -0.394 e. The first-order valence-corrected chi connectivity index (χ1v) is 7.38. The quantitative estimate of drug-likeness (QED) is 0.919. The highest BCUT2D eigenvalue weighted by Crippen LogP contribution is 2.26. The molecule has 1 aliphatic rings. The molecule has 0 aliphatic carbocycles. The van der Waals surface area contributed by atoms with E-state index in [2.05, 4.69) is 23.6 Å². The van der Waals surface area contributed by atoms with E-state index in [1.54, 1.807) is 0 Å². The molecule has 0 spiro atoms. The zero-order valence-corrected chi connectivity index (χ0v) is 12.5. The number of aliphatic hydroxyl groups is 1. The maximum Gasteiger partial charge on any atom is 0.0628 e. The molecule has 0 bridgehead atoms. The van der Waals surface area contributed by atoms with Gasteiger partial charge < -0.3 is 10.0 Å². The van der Waals surface area contributed by atoms with Crippen molar-refractivity contribution in [2.24, 2.45) is 0 Å². The van der Waals surface area contributed by atoms with Gasteiger partial charge in [0.05, 0.1) is 12.6 Å². The van der Waals surface area contributed by atoms with Gasteiger partial charge in [0.25, 0.3) is 0 Å². The van der Waals surface area contributed by atoms with Crippen LogP contribution in [-0.2, 0) is 0 Å². The lowest BCUT2D eigenvalue weighted by atomic mass is 10.0. The van der Waals surface area contributed by atoms with Gasteiger partial charge in [0.2, 0.25) is 0 Å². The highest BCUT2D eigenvalue weighted by molar-refractivity contribution is 6.30. The zero-order valence-electron chi connectivity index (χ0n) is 11.7. The molecule has 1 aromatic carbocycles. The Kier molecular flexibility index (Phi) is 5.22. The highest BCUT2D eigenvalue weighted by atomic mass is 35.5. The summed E-state index contributed by atoms with van der Waals surface area (Å²) >= 11 is 6.06. The van der Waals surface area contributed by atoms with E-state index < -0.39 is 0 Å². The molecule has 1 aromatic rings. The topological polar surface area (TPSA) is 26.7 Å². The molecule has 4 heteroatoms. The summed E-state index contributed by atoms with van der Waals surface area (Å²) in [6.45, 7) is 8.78. The molecule has 19 heavy (non-hydrogen) atoms. The van der Waals surface area contributed by atoms with Gasteiger partial charge in [-0.1, -0.05) is 30.7 Å². The minimum absolute atomic E-state index is 0.0488. The third-order valence-electron chi connectivity index (χ3n) is 4.02. The first-order valence-electron chi connectivity index (χ1n) is 7.00. The van der Waals surface area contributed by atoms with E-state index in [1.807, 2.05) is 24.3 Å². The Bertz CT molecular complexity index is 413. The number of halogens is 1. The third-order valence-corrected chi connectivity index (χ3v) is 4.25. The van der Waals surface area contributed by atoms with Crippen molar-refractivity contribution in [3.8, 4) is 0 Å². The zero-order chi connectivity index (χ0) is 13.8. The molecule has 0 radical (unpaired) electrons. The number of hydrogen-bond donors (Lipinski definition) is 1. The lowest BCUT2D eigenvalue weighted by Crippen LogP contribution is -2.53. The molecule has 0 amide bonds. The van der Waals surface area contributed by atoms with Crippen molar-refractivity contribution in [2.75, 3.05) is 32.8 Å². The number of nitrogens with zero attached hydrogens (tertiary/aromatic N) is 2. The first-order chi connectivity index (χ1) is 9.15. The lowest BCUT2D eigenvalue weighted by molar-refractivity contribution is 0.0271. The summed E-state index contributed by atoms with van der Waals surface area (Å²) in [5.41, 5.74) is 1.10. The van der Waals surface area contributed by atoms with Crippen LogP contribution in [0.15, 0.2) is 24.3 Å². The number of rotatable bonds is 4. The van der Waals surface area contributed by atoms with Crippen molar-refractivity contribution in [2.45, 2.75) is 25.9 Å². The lowest BCUT2D eigenvalue weighted by Gasteiger charge is -2.43. The van der Waals surface area contributed by atoms with Gasteiger partial charge in [-0.15, -0.1) is 0 Å². The van der Waals surface area contributed by atoms with Gasteiger partial charge in [0.15, 0.2) is 0 Å². The molecule has 3 nitrogen and oxygen atoms in total. The van der Waals surface area contributed by atoms with Crippen LogP contribution in [0.3, 0.4) is 0 Å². The van der Waals surface area contributed by atoms with Crippen LogP contribution in [0.4, 0.5) is 0 Å². The normalized spacial score (nSPS) is 23.5. The fourth-order valence-electron chi connectivity index (χ4n) is 2.91. The molecular weight excluding hydrogens is 260 g/mol. The van der Waals surface area contributed by atoms with Crippen LogP contribution in [0.25, 0.3) is 0 Å². The second-order valence-electron chi connectivity index (χ2n) is 5.23. The fraction of sp³-hybridized carbons (Fsp3) is 0.600. The van der Waals surface area contributed by atoms with Crippen molar-refractivity contribution in [1.29, 1.82) is 0 Å². The number of piperazine rings is 1. The monoisotopic (exact) mass is 282 g/mol. The smallest absolute Gasteiger partial charge is 0.0628 e. The average molecular weight is 283 g/mol. The Hall–Kier alpha value is -0.610. The molecule has 1 aliphatic heterocycles. The van der Waals surface area contributed by atoms with Crippen LogP contribution >= 0.6 is 11.6 Å². The van der Waals surface area contributed by atoms with Crippen LogP contribution in [-0.4, -0.2) is 53.7 Å². The van der Waals surface area contributed by atoms with Crippen molar-refractivity contribution in [3.63, 3.8) is 0 Å². The minimum atomic E-state index is 0.0488. The molecule has 2 unspecified atom stereocenters. The molecule has 106 valence electrons. The van der Waals surface area contributed by atoms with E-state index in [-0.39, 0.29) is 12.6 Å². The second-order valence-corrected chi connectivity index (χ2v) is 5.67. The molecule has 1 saturated heterocycles. The Morgan fingerprint density at radius 3 is 2.79 bits per heavy atom. The molecule has 1 N–H and O–H groups in total. The fourth-order valence-corrected chi connectivity index (χ4v) is 3.11. The summed E-state index contributed by atoms with van der Waals surface area (Å²) in [5.74, 6) is 0. The maximum atomic E-state index is 9.77. The summed E-state index contributed by atoms with van der Waals surface area (Å²) < 4.78 is 0. The summed E-state index contributed by atoms with van der Waals surface area (Å²) in [4.78, 5) is 4.84. The Balaban J connectivity index is 2.14.